The second-order valence-corrected chi connectivity index (χ2v) is 4.04. The highest BCUT2D eigenvalue weighted by atomic mass is 16.5. The molecule has 5 heteroatoms. The fraction of sp³-hybridized carbons (Fsp3) is 0.133. The Balaban J connectivity index is 2.25. The third-order valence-corrected chi connectivity index (χ3v) is 2.61. The minimum atomic E-state index is -0.414. The second-order valence-electron chi connectivity index (χ2n) is 4.04. The maximum atomic E-state index is 11.3. The van der Waals surface area contributed by atoms with Crippen molar-refractivity contribution in [3.8, 4) is 17.7 Å². The van der Waals surface area contributed by atoms with E-state index in [1.807, 2.05) is 13.0 Å². The Morgan fingerprint density at radius 2 is 1.90 bits per heavy atom. The molecule has 0 unspecified atom stereocenters. The van der Waals surface area contributed by atoms with Crippen LogP contribution in [-0.2, 0) is 4.74 Å². The summed E-state index contributed by atoms with van der Waals surface area (Å²) in [4.78, 5) is 15.5. The molecular weight excluding hydrogens is 256 g/mol. The topological polar surface area (TPSA) is 72.2 Å². The van der Waals surface area contributed by atoms with Gasteiger partial charge >= 0.3 is 5.97 Å². The molecule has 0 N–H and O–H groups in total. The van der Waals surface area contributed by atoms with E-state index in [2.05, 4.69) is 9.72 Å². The van der Waals surface area contributed by atoms with E-state index in [0.717, 1.165) is 5.69 Å². The summed E-state index contributed by atoms with van der Waals surface area (Å²) < 4.78 is 10.2. The van der Waals surface area contributed by atoms with E-state index in [4.69, 9.17) is 10.00 Å². The first-order valence-corrected chi connectivity index (χ1v) is 5.88. The van der Waals surface area contributed by atoms with Gasteiger partial charge in [-0.1, -0.05) is 0 Å². The van der Waals surface area contributed by atoms with Gasteiger partial charge in [-0.05, 0) is 43.3 Å². The zero-order chi connectivity index (χ0) is 14.5. The van der Waals surface area contributed by atoms with Gasteiger partial charge in [-0.25, -0.2) is 9.78 Å². The molecule has 0 amide bonds. The molecule has 2 aromatic rings. The Kier molecular flexibility index (Phi) is 3.96. The molecule has 0 radical (unpaired) electrons. The summed E-state index contributed by atoms with van der Waals surface area (Å²) in [6.07, 6.45) is 0. The third-order valence-electron chi connectivity index (χ3n) is 2.61. The molecule has 2 rings (SSSR count). The number of pyridine rings is 1. The number of methoxy groups -OCH3 is 1. The van der Waals surface area contributed by atoms with E-state index >= 15 is 0 Å². The van der Waals surface area contributed by atoms with Crippen molar-refractivity contribution in [1.29, 1.82) is 5.26 Å². The van der Waals surface area contributed by atoms with Crippen molar-refractivity contribution in [3.63, 3.8) is 0 Å². The van der Waals surface area contributed by atoms with Crippen LogP contribution in [0.15, 0.2) is 36.4 Å². The van der Waals surface area contributed by atoms with Crippen LogP contribution in [0.25, 0.3) is 0 Å². The molecule has 0 fully saturated rings. The van der Waals surface area contributed by atoms with Crippen LogP contribution in [-0.4, -0.2) is 18.1 Å². The summed E-state index contributed by atoms with van der Waals surface area (Å²) >= 11 is 0. The summed E-state index contributed by atoms with van der Waals surface area (Å²) in [5.74, 6) is 0.327. The fourth-order valence-electron chi connectivity index (χ4n) is 1.58. The van der Waals surface area contributed by atoms with Gasteiger partial charge in [0, 0.05) is 5.69 Å². The Hall–Kier alpha value is -2.87. The number of ether oxygens (including phenoxy) is 2. The number of nitriles is 1. The van der Waals surface area contributed by atoms with Crippen molar-refractivity contribution in [2.45, 2.75) is 6.92 Å². The number of hydrogen-bond donors (Lipinski definition) is 0. The first-order valence-electron chi connectivity index (χ1n) is 5.88. The molecule has 1 aromatic heterocycles. The Bertz CT molecular complexity index is 673. The largest absolute Gasteiger partial charge is 0.465 e. The van der Waals surface area contributed by atoms with Gasteiger partial charge in [0.25, 0.3) is 0 Å². The molecule has 0 spiro atoms. The Morgan fingerprint density at radius 3 is 2.50 bits per heavy atom. The smallest absolute Gasteiger partial charge is 0.337 e. The number of rotatable bonds is 3. The van der Waals surface area contributed by atoms with Crippen molar-refractivity contribution in [2.75, 3.05) is 7.11 Å². The average Bonchev–Trinajstić information content (AvgIpc) is 2.47. The first-order chi connectivity index (χ1) is 9.63. The highest BCUT2D eigenvalue weighted by molar-refractivity contribution is 5.89. The van der Waals surface area contributed by atoms with Gasteiger partial charge in [-0.15, -0.1) is 0 Å². The first kappa shape index (κ1) is 13.6. The van der Waals surface area contributed by atoms with Crippen molar-refractivity contribution in [1.82, 2.24) is 4.98 Å². The van der Waals surface area contributed by atoms with Gasteiger partial charge < -0.3 is 9.47 Å². The zero-order valence-corrected chi connectivity index (χ0v) is 11.1. The molecule has 0 aliphatic carbocycles. The number of esters is 1. The van der Waals surface area contributed by atoms with E-state index in [9.17, 15) is 4.79 Å². The lowest BCUT2D eigenvalue weighted by atomic mass is 10.2. The monoisotopic (exact) mass is 268 g/mol. The lowest BCUT2D eigenvalue weighted by molar-refractivity contribution is 0.0600. The lowest BCUT2D eigenvalue weighted by Crippen LogP contribution is -2.00. The standard InChI is InChI=1S/C15H12N2O3/c1-10-3-4-12(9-16)14(17-10)20-13-7-5-11(6-8-13)15(18)19-2/h3-8H,1-2H3. The highest BCUT2D eigenvalue weighted by Gasteiger charge is 2.08. The molecule has 1 aromatic carbocycles. The number of nitrogens with zero attached hydrogens (tertiary/aromatic N) is 2. The maximum Gasteiger partial charge on any atom is 0.337 e. The van der Waals surface area contributed by atoms with Crippen molar-refractivity contribution >= 4 is 5.97 Å². The van der Waals surface area contributed by atoms with Crippen LogP contribution >= 0.6 is 0 Å². The molecule has 1 heterocycles. The number of aryl methyl sites for hydroxylation is 1. The van der Waals surface area contributed by atoms with Crippen LogP contribution < -0.4 is 4.74 Å². The third kappa shape index (κ3) is 2.93. The minimum absolute atomic E-state index is 0.248. The summed E-state index contributed by atoms with van der Waals surface area (Å²) in [7, 11) is 1.32. The van der Waals surface area contributed by atoms with Gasteiger partial charge in [0.15, 0.2) is 0 Å². The van der Waals surface area contributed by atoms with E-state index in [1.54, 1.807) is 36.4 Å². The minimum Gasteiger partial charge on any atom is -0.465 e. The van der Waals surface area contributed by atoms with Crippen molar-refractivity contribution in [2.24, 2.45) is 0 Å². The quantitative estimate of drug-likeness (QED) is 0.800. The van der Waals surface area contributed by atoms with Gasteiger partial charge in [-0.3, -0.25) is 0 Å². The van der Waals surface area contributed by atoms with Crippen molar-refractivity contribution in [3.05, 3.63) is 53.2 Å². The average molecular weight is 268 g/mol. The SMILES string of the molecule is COC(=O)c1ccc(Oc2nc(C)ccc2C#N)cc1. The summed E-state index contributed by atoms with van der Waals surface area (Å²) in [5.41, 5.74) is 1.54. The van der Waals surface area contributed by atoms with Crippen LogP contribution in [0.5, 0.6) is 11.6 Å². The van der Waals surface area contributed by atoms with Crippen LogP contribution in [0.4, 0.5) is 0 Å². The van der Waals surface area contributed by atoms with E-state index < -0.39 is 5.97 Å². The molecule has 0 saturated heterocycles. The predicted octanol–water partition coefficient (Wildman–Crippen LogP) is 2.84. The normalized spacial score (nSPS) is 9.65. The molecular formula is C15H12N2O3. The van der Waals surface area contributed by atoms with Crippen molar-refractivity contribution < 1.29 is 14.3 Å². The maximum absolute atomic E-state index is 11.3. The fourth-order valence-corrected chi connectivity index (χ4v) is 1.58. The van der Waals surface area contributed by atoms with Gasteiger partial charge in [0.2, 0.25) is 5.88 Å². The summed E-state index contributed by atoms with van der Waals surface area (Å²) in [5, 5.41) is 9.00. The highest BCUT2D eigenvalue weighted by Crippen LogP contribution is 2.23. The van der Waals surface area contributed by atoms with Crippen LogP contribution in [0.1, 0.15) is 21.6 Å². The van der Waals surface area contributed by atoms with Crippen LogP contribution in [0.2, 0.25) is 0 Å². The number of hydrogen-bond acceptors (Lipinski definition) is 5. The van der Waals surface area contributed by atoms with E-state index in [0.29, 0.717) is 16.9 Å². The molecule has 0 saturated carbocycles. The predicted molar refractivity (Wildman–Crippen MR) is 71.5 cm³/mol. The molecule has 0 aliphatic heterocycles. The second kappa shape index (κ2) is 5.85. The molecule has 5 nitrogen and oxygen atoms in total. The number of carbonyl (C=O) groups excluding carboxylic acids is 1. The molecule has 0 atom stereocenters. The number of benzene rings is 1. The molecule has 0 bridgehead atoms. The van der Waals surface area contributed by atoms with Gasteiger partial charge in [0.05, 0.1) is 12.7 Å². The Labute approximate surface area is 116 Å². The molecule has 0 aliphatic rings. The van der Waals surface area contributed by atoms with Gasteiger partial charge in [-0.2, -0.15) is 5.26 Å². The zero-order valence-electron chi connectivity index (χ0n) is 11.1. The van der Waals surface area contributed by atoms with Crippen LogP contribution in [0.3, 0.4) is 0 Å². The van der Waals surface area contributed by atoms with E-state index in [-0.39, 0.29) is 5.88 Å². The van der Waals surface area contributed by atoms with Crippen LogP contribution in [0, 0.1) is 18.3 Å². The summed E-state index contributed by atoms with van der Waals surface area (Å²) in [6.45, 7) is 1.81. The van der Waals surface area contributed by atoms with Gasteiger partial charge in [0.1, 0.15) is 17.4 Å². The number of aromatic nitrogens is 1. The molecule has 100 valence electrons. The van der Waals surface area contributed by atoms with E-state index in [1.165, 1.54) is 7.11 Å². The molecule has 20 heavy (non-hydrogen) atoms. The number of carbonyl (C=O) groups is 1. The lowest BCUT2D eigenvalue weighted by Gasteiger charge is -2.07. The Morgan fingerprint density at radius 1 is 1.20 bits per heavy atom. The summed E-state index contributed by atoms with van der Waals surface area (Å²) in [6, 6.07) is 11.8.